The van der Waals surface area contributed by atoms with Crippen molar-refractivity contribution in [3.63, 3.8) is 0 Å². The number of nitrogens with zero attached hydrogens (tertiary/aromatic N) is 2. The second-order valence-corrected chi connectivity index (χ2v) is 6.38. The van der Waals surface area contributed by atoms with Crippen molar-refractivity contribution < 1.29 is 23.0 Å². The molecule has 0 aromatic carbocycles. The molecule has 132 valence electrons. The molecule has 0 radical (unpaired) electrons. The minimum Gasteiger partial charge on any atom is -0.396 e. The molecule has 0 atom stereocenters. The molecule has 1 aliphatic heterocycles. The van der Waals surface area contributed by atoms with Crippen LogP contribution in [-0.2, 0) is 17.3 Å². The molecule has 1 aliphatic rings. The number of hydrogen-bond acceptors (Lipinski definition) is 6. The topological polar surface area (TPSA) is 78.5 Å². The summed E-state index contributed by atoms with van der Waals surface area (Å²) in [7, 11) is 0. The van der Waals surface area contributed by atoms with E-state index in [0.717, 1.165) is 11.3 Å². The molecular formula is C14H16F3N3O3S. The van der Waals surface area contributed by atoms with E-state index in [9.17, 15) is 18.0 Å². The average molecular weight is 363 g/mol. The Morgan fingerprint density at radius 3 is 2.67 bits per heavy atom. The summed E-state index contributed by atoms with van der Waals surface area (Å²) in [5.41, 5.74) is -2.14. The zero-order valence-corrected chi connectivity index (χ0v) is 13.5. The number of rotatable bonds is 4. The van der Waals surface area contributed by atoms with Crippen molar-refractivity contribution in [2.24, 2.45) is 0 Å². The van der Waals surface area contributed by atoms with Crippen molar-refractivity contribution >= 4 is 26.8 Å². The van der Waals surface area contributed by atoms with Crippen LogP contribution in [0.15, 0.2) is 4.79 Å². The van der Waals surface area contributed by atoms with Gasteiger partial charge in [0.05, 0.1) is 23.5 Å². The Kier molecular flexibility index (Phi) is 4.79. The summed E-state index contributed by atoms with van der Waals surface area (Å²) in [6.07, 6.45) is -4.71. The van der Waals surface area contributed by atoms with Gasteiger partial charge < -0.3 is 19.7 Å². The number of aliphatic hydroxyl groups is 1. The largest absolute Gasteiger partial charge is 0.418 e. The van der Waals surface area contributed by atoms with Crippen molar-refractivity contribution in [1.29, 1.82) is 0 Å². The predicted octanol–water partition coefficient (Wildman–Crippen LogP) is 1.76. The maximum absolute atomic E-state index is 13.6. The van der Waals surface area contributed by atoms with Crippen molar-refractivity contribution in [2.75, 3.05) is 37.8 Å². The zero-order chi connectivity index (χ0) is 17.3. The number of aliphatic hydroxyl groups excluding tert-OH is 1. The van der Waals surface area contributed by atoms with Crippen molar-refractivity contribution in [3.05, 3.63) is 21.5 Å². The molecule has 10 heteroatoms. The lowest BCUT2D eigenvalue weighted by Gasteiger charge is -2.25. The maximum atomic E-state index is 13.6. The van der Waals surface area contributed by atoms with E-state index in [2.05, 4.69) is 9.97 Å². The highest BCUT2D eigenvalue weighted by atomic mass is 32.1. The summed E-state index contributed by atoms with van der Waals surface area (Å²) in [4.78, 5) is 20.6. The Bertz CT molecular complexity index is 781. The number of halogens is 3. The molecule has 0 unspecified atom stereocenters. The number of H-pyrrole nitrogens is 1. The van der Waals surface area contributed by atoms with Gasteiger partial charge in [0.1, 0.15) is 0 Å². The quantitative estimate of drug-likeness (QED) is 0.866. The van der Waals surface area contributed by atoms with Gasteiger partial charge in [-0.2, -0.15) is 13.2 Å². The fraction of sp³-hybridized carbons (Fsp3) is 0.571. The first kappa shape index (κ1) is 17.2. The third kappa shape index (κ3) is 3.26. The first-order valence-corrected chi connectivity index (χ1v) is 8.30. The van der Waals surface area contributed by atoms with E-state index in [0.29, 0.717) is 31.4 Å². The van der Waals surface area contributed by atoms with Crippen LogP contribution in [0.3, 0.4) is 0 Å². The second kappa shape index (κ2) is 6.69. The Hall–Kier alpha value is -1.65. The number of morpholine rings is 1. The number of aromatic nitrogens is 2. The van der Waals surface area contributed by atoms with Crippen LogP contribution in [0.1, 0.15) is 17.5 Å². The van der Waals surface area contributed by atoms with Gasteiger partial charge in [0, 0.05) is 25.3 Å². The van der Waals surface area contributed by atoms with Crippen LogP contribution < -0.4 is 10.5 Å². The lowest BCUT2D eigenvalue weighted by molar-refractivity contribution is -0.136. The standard InChI is InChI=1S/C14H16F3N3O3S/c15-14(16,17)9-8(2-1-5-21)12(22)18-11-10(9)24-13(19-11)20-3-6-23-7-4-20/h21H,1-7H2,(H,18,22). The lowest BCUT2D eigenvalue weighted by atomic mass is 10.0. The molecule has 0 aliphatic carbocycles. The molecule has 2 aromatic rings. The predicted molar refractivity (Wildman–Crippen MR) is 83.7 cm³/mol. The van der Waals surface area contributed by atoms with E-state index < -0.39 is 17.3 Å². The highest BCUT2D eigenvalue weighted by molar-refractivity contribution is 7.22. The van der Waals surface area contributed by atoms with Crippen LogP contribution in [0.2, 0.25) is 0 Å². The van der Waals surface area contributed by atoms with Gasteiger partial charge >= 0.3 is 6.18 Å². The van der Waals surface area contributed by atoms with Crippen LogP contribution >= 0.6 is 11.3 Å². The number of aromatic amines is 1. The number of thiazole rings is 1. The van der Waals surface area contributed by atoms with Crippen LogP contribution in [0.5, 0.6) is 0 Å². The van der Waals surface area contributed by atoms with Crippen molar-refractivity contribution in [2.45, 2.75) is 19.0 Å². The van der Waals surface area contributed by atoms with Crippen LogP contribution in [0.25, 0.3) is 10.3 Å². The van der Waals surface area contributed by atoms with Crippen molar-refractivity contribution in [3.8, 4) is 0 Å². The molecule has 2 aromatic heterocycles. The number of hydrogen-bond donors (Lipinski definition) is 2. The SMILES string of the molecule is O=c1[nH]c2nc(N3CCOCC3)sc2c(C(F)(F)F)c1CCCO. The number of alkyl halides is 3. The molecule has 0 spiro atoms. The van der Waals surface area contributed by atoms with Gasteiger partial charge in [0.15, 0.2) is 10.8 Å². The molecule has 3 rings (SSSR count). The molecule has 0 saturated carbocycles. The molecule has 6 nitrogen and oxygen atoms in total. The minimum atomic E-state index is -4.66. The van der Waals surface area contributed by atoms with E-state index in [4.69, 9.17) is 9.84 Å². The molecule has 0 amide bonds. The van der Waals surface area contributed by atoms with E-state index in [1.165, 1.54) is 0 Å². The number of nitrogens with one attached hydrogen (secondary N) is 1. The highest BCUT2D eigenvalue weighted by Crippen LogP contribution is 2.40. The van der Waals surface area contributed by atoms with Crippen LogP contribution in [-0.4, -0.2) is 48.0 Å². The maximum Gasteiger partial charge on any atom is 0.418 e. The number of fused-ring (bicyclic) bond motifs is 1. The first-order chi connectivity index (χ1) is 11.4. The van der Waals surface area contributed by atoms with Gasteiger partial charge in [0.2, 0.25) is 0 Å². The van der Waals surface area contributed by atoms with Crippen molar-refractivity contribution in [1.82, 2.24) is 9.97 Å². The molecule has 24 heavy (non-hydrogen) atoms. The monoisotopic (exact) mass is 363 g/mol. The molecule has 1 fully saturated rings. The Labute approximate surface area is 138 Å². The Morgan fingerprint density at radius 1 is 1.33 bits per heavy atom. The first-order valence-electron chi connectivity index (χ1n) is 7.48. The summed E-state index contributed by atoms with van der Waals surface area (Å²) >= 11 is 0.920. The van der Waals surface area contributed by atoms with Crippen LogP contribution in [0, 0.1) is 0 Å². The smallest absolute Gasteiger partial charge is 0.396 e. The summed E-state index contributed by atoms with van der Waals surface area (Å²) in [5.74, 6) is 0. The Balaban J connectivity index is 2.15. The molecular weight excluding hydrogens is 347 g/mol. The number of ether oxygens (including phenoxy) is 1. The molecule has 0 bridgehead atoms. The summed E-state index contributed by atoms with van der Waals surface area (Å²) in [6.45, 7) is 1.78. The Morgan fingerprint density at radius 2 is 2.04 bits per heavy atom. The lowest BCUT2D eigenvalue weighted by Crippen LogP contribution is -2.36. The van der Waals surface area contributed by atoms with Crippen LogP contribution in [0.4, 0.5) is 18.3 Å². The zero-order valence-electron chi connectivity index (χ0n) is 12.7. The molecule has 1 saturated heterocycles. The number of pyridine rings is 1. The summed E-state index contributed by atoms with van der Waals surface area (Å²) < 4.78 is 45.9. The minimum absolute atomic E-state index is 0.0495. The van der Waals surface area contributed by atoms with E-state index >= 15 is 0 Å². The third-order valence-corrected chi connectivity index (χ3v) is 4.93. The van der Waals surface area contributed by atoms with Gasteiger partial charge in [-0.1, -0.05) is 11.3 Å². The molecule has 2 N–H and O–H groups in total. The third-order valence-electron chi connectivity index (χ3n) is 3.80. The summed E-state index contributed by atoms with van der Waals surface area (Å²) in [5, 5.41) is 9.32. The van der Waals surface area contributed by atoms with Gasteiger partial charge in [-0.05, 0) is 12.8 Å². The van der Waals surface area contributed by atoms with E-state index in [1.807, 2.05) is 4.90 Å². The number of anilines is 1. The van der Waals surface area contributed by atoms with Gasteiger partial charge in [-0.15, -0.1) is 0 Å². The second-order valence-electron chi connectivity index (χ2n) is 5.41. The average Bonchev–Trinajstić information content (AvgIpc) is 2.95. The van der Waals surface area contributed by atoms with E-state index in [-0.39, 0.29) is 35.4 Å². The fourth-order valence-electron chi connectivity index (χ4n) is 2.68. The summed E-state index contributed by atoms with van der Waals surface area (Å²) in [6, 6.07) is 0. The van der Waals surface area contributed by atoms with Gasteiger partial charge in [-0.25, -0.2) is 4.98 Å². The van der Waals surface area contributed by atoms with E-state index in [1.54, 1.807) is 0 Å². The fourth-order valence-corrected chi connectivity index (χ4v) is 3.85. The normalized spacial score (nSPS) is 16.1. The van der Waals surface area contributed by atoms with Gasteiger partial charge in [0.25, 0.3) is 5.56 Å². The highest BCUT2D eigenvalue weighted by Gasteiger charge is 2.38. The molecule has 3 heterocycles. The van der Waals surface area contributed by atoms with Gasteiger partial charge in [-0.3, -0.25) is 4.79 Å².